The highest BCUT2D eigenvalue weighted by atomic mass is 35.5. The van der Waals surface area contributed by atoms with Crippen LogP contribution in [0.2, 0.25) is 10.0 Å². The summed E-state index contributed by atoms with van der Waals surface area (Å²) in [6, 6.07) is 2.43. The molecule has 0 amide bonds. The van der Waals surface area contributed by atoms with E-state index in [0.29, 0.717) is 0 Å². The first-order chi connectivity index (χ1) is 9.85. The number of hydrogen-bond donors (Lipinski definition) is 2. The highest BCUT2D eigenvalue weighted by Gasteiger charge is 2.15. The SMILES string of the molecule is N=[N+]=NCC(=Cc1cc(Cl)c(OC(F)F)c(Cl)c1)C(=O)O. The van der Waals surface area contributed by atoms with Crippen molar-refractivity contribution < 1.29 is 23.4 Å². The Morgan fingerprint density at radius 3 is 2.48 bits per heavy atom. The molecule has 0 heterocycles. The zero-order chi connectivity index (χ0) is 16.0. The van der Waals surface area contributed by atoms with Gasteiger partial charge in [-0.15, -0.1) is 0 Å². The summed E-state index contributed by atoms with van der Waals surface area (Å²) in [5, 5.41) is 11.8. The number of carboxylic acids is 1. The molecule has 21 heavy (non-hydrogen) atoms. The van der Waals surface area contributed by atoms with E-state index in [1.165, 1.54) is 18.2 Å². The fourth-order valence-corrected chi connectivity index (χ4v) is 1.95. The molecule has 0 bridgehead atoms. The highest BCUT2D eigenvalue weighted by Crippen LogP contribution is 2.35. The van der Waals surface area contributed by atoms with E-state index in [2.05, 4.69) is 14.8 Å². The first kappa shape index (κ1) is 17.0. The van der Waals surface area contributed by atoms with Gasteiger partial charge in [0.2, 0.25) is 4.91 Å². The zero-order valence-electron chi connectivity index (χ0n) is 10.2. The number of rotatable bonds is 6. The van der Waals surface area contributed by atoms with Gasteiger partial charge in [-0.05, 0) is 23.8 Å². The molecule has 0 unspecified atom stereocenters. The van der Waals surface area contributed by atoms with Gasteiger partial charge in [0.25, 0.3) is 0 Å². The summed E-state index contributed by atoms with van der Waals surface area (Å²) in [5.41, 5.74) is 6.56. The fraction of sp³-hybridized carbons (Fsp3) is 0.182. The van der Waals surface area contributed by atoms with Crippen LogP contribution in [-0.2, 0) is 4.79 Å². The summed E-state index contributed by atoms with van der Waals surface area (Å²) in [6.07, 6.45) is 1.18. The van der Waals surface area contributed by atoms with Gasteiger partial charge in [-0.3, -0.25) is 0 Å². The average molecular weight is 339 g/mol. The van der Waals surface area contributed by atoms with Gasteiger partial charge >= 0.3 is 12.6 Å². The molecule has 1 aromatic rings. The van der Waals surface area contributed by atoms with Crippen molar-refractivity contribution in [2.24, 2.45) is 5.11 Å². The lowest BCUT2D eigenvalue weighted by Gasteiger charge is -2.09. The maximum atomic E-state index is 12.2. The smallest absolute Gasteiger partial charge is 0.387 e. The normalized spacial score (nSPS) is 11.2. The van der Waals surface area contributed by atoms with Crippen LogP contribution in [0.1, 0.15) is 5.56 Å². The van der Waals surface area contributed by atoms with E-state index in [-0.39, 0.29) is 27.7 Å². The number of nitrogens with zero attached hydrogens (tertiary/aromatic N) is 2. The minimum Gasteiger partial charge on any atom is -0.478 e. The van der Waals surface area contributed by atoms with E-state index in [1.54, 1.807) is 0 Å². The van der Waals surface area contributed by atoms with Gasteiger partial charge in [-0.1, -0.05) is 23.2 Å². The third-order valence-corrected chi connectivity index (χ3v) is 2.72. The molecule has 2 N–H and O–H groups in total. The second-order valence-corrected chi connectivity index (χ2v) is 4.38. The monoisotopic (exact) mass is 338 g/mol. The molecule has 0 aliphatic rings. The second kappa shape index (κ2) is 7.68. The molecular weight excluding hydrogens is 331 g/mol. The third kappa shape index (κ3) is 5.11. The van der Waals surface area contributed by atoms with Crippen LogP contribution in [0.5, 0.6) is 5.75 Å². The lowest BCUT2D eigenvalue weighted by Crippen LogP contribution is -2.04. The molecule has 0 radical (unpaired) electrons. The summed E-state index contributed by atoms with van der Waals surface area (Å²) in [7, 11) is 0. The molecule has 0 atom stereocenters. The molecule has 0 saturated heterocycles. The molecule has 0 aliphatic heterocycles. The molecule has 1 aromatic carbocycles. The van der Waals surface area contributed by atoms with Gasteiger partial charge in [0.15, 0.2) is 12.3 Å². The van der Waals surface area contributed by atoms with Gasteiger partial charge in [0.1, 0.15) is 10.6 Å². The summed E-state index contributed by atoms with van der Waals surface area (Å²) < 4.78 is 28.5. The van der Waals surface area contributed by atoms with Gasteiger partial charge in [0.05, 0.1) is 15.6 Å². The Labute approximate surface area is 127 Å². The van der Waals surface area contributed by atoms with Crippen LogP contribution in [-0.4, -0.2) is 24.2 Å². The molecule has 1 rings (SSSR count). The van der Waals surface area contributed by atoms with Crippen molar-refractivity contribution in [1.29, 1.82) is 5.53 Å². The van der Waals surface area contributed by atoms with E-state index in [1.807, 2.05) is 0 Å². The van der Waals surface area contributed by atoms with Gasteiger partial charge in [0, 0.05) is 0 Å². The summed E-state index contributed by atoms with van der Waals surface area (Å²) in [5.74, 6) is -1.67. The summed E-state index contributed by atoms with van der Waals surface area (Å²) in [4.78, 5) is 13.7. The minimum atomic E-state index is -3.09. The Morgan fingerprint density at radius 2 is 2.05 bits per heavy atom. The number of halogens is 4. The Morgan fingerprint density at radius 1 is 1.48 bits per heavy atom. The Balaban J connectivity index is 3.19. The lowest BCUT2D eigenvalue weighted by molar-refractivity contribution is -0.132. The Bertz CT molecular complexity index is 608. The fourth-order valence-electron chi connectivity index (χ4n) is 1.35. The van der Waals surface area contributed by atoms with Crippen molar-refractivity contribution in [2.75, 3.05) is 6.54 Å². The van der Waals surface area contributed by atoms with Crippen molar-refractivity contribution in [3.63, 3.8) is 0 Å². The van der Waals surface area contributed by atoms with Gasteiger partial charge < -0.3 is 9.84 Å². The number of hydrogen-bond acceptors (Lipinski definition) is 4. The van der Waals surface area contributed by atoms with Crippen molar-refractivity contribution in [2.45, 2.75) is 6.61 Å². The average Bonchev–Trinajstić information content (AvgIpc) is 2.38. The first-order valence-electron chi connectivity index (χ1n) is 5.26. The number of alkyl halides is 2. The maximum absolute atomic E-state index is 12.2. The molecule has 10 heteroatoms. The predicted molar refractivity (Wildman–Crippen MR) is 70.9 cm³/mol. The minimum absolute atomic E-state index is 0.180. The highest BCUT2D eigenvalue weighted by molar-refractivity contribution is 6.37. The lowest BCUT2D eigenvalue weighted by atomic mass is 10.1. The van der Waals surface area contributed by atoms with Crippen molar-refractivity contribution in [3.05, 3.63) is 33.3 Å². The van der Waals surface area contributed by atoms with Crippen LogP contribution >= 0.6 is 23.2 Å². The number of carboxylic acid groups (broad SMARTS) is 1. The summed E-state index contributed by atoms with van der Waals surface area (Å²) in [6.45, 7) is -3.42. The number of aliphatic carboxylic acids is 1. The van der Waals surface area contributed by atoms with Crippen molar-refractivity contribution in [1.82, 2.24) is 4.91 Å². The molecule has 0 aliphatic carbocycles. The molecule has 0 fully saturated rings. The van der Waals surface area contributed by atoms with Crippen LogP contribution in [0.4, 0.5) is 8.78 Å². The van der Waals surface area contributed by atoms with Crippen LogP contribution in [0, 0.1) is 5.53 Å². The third-order valence-electron chi connectivity index (χ3n) is 2.15. The Kier molecular flexibility index (Phi) is 6.23. The van der Waals surface area contributed by atoms with Crippen LogP contribution in [0.3, 0.4) is 0 Å². The van der Waals surface area contributed by atoms with E-state index >= 15 is 0 Å². The molecule has 0 spiro atoms. The van der Waals surface area contributed by atoms with Gasteiger partial charge in [-0.2, -0.15) is 8.78 Å². The molecule has 112 valence electrons. The maximum Gasteiger partial charge on any atom is 0.387 e. The van der Waals surface area contributed by atoms with E-state index < -0.39 is 18.3 Å². The number of carbonyl (C=O) groups is 1. The standard InChI is InChI=1S/C11H7Cl2F2N3O3/c12-7-2-5(1-6(10(19)20)4-17-18-16)3-8(13)9(7)21-11(14)15/h1-3,11,16H,4H2/p+1. The molecular formula is C11H8Cl2F2N3O3+. The Hall–Kier alpha value is -2.02. The second-order valence-electron chi connectivity index (χ2n) is 3.57. The first-order valence-corrected chi connectivity index (χ1v) is 6.01. The number of ether oxygens (including phenoxy) is 1. The molecule has 6 nitrogen and oxygen atoms in total. The van der Waals surface area contributed by atoms with Crippen LogP contribution < -0.4 is 9.65 Å². The predicted octanol–water partition coefficient (Wildman–Crippen LogP) is 3.61. The quantitative estimate of drug-likeness (QED) is 0.471. The van der Waals surface area contributed by atoms with E-state index in [9.17, 15) is 13.6 Å². The molecule has 0 aromatic heterocycles. The van der Waals surface area contributed by atoms with E-state index in [0.717, 1.165) is 0 Å². The van der Waals surface area contributed by atoms with Crippen LogP contribution in [0.25, 0.3) is 6.08 Å². The van der Waals surface area contributed by atoms with Gasteiger partial charge in [-0.25, -0.2) is 4.79 Å². The molecule has 0 saturated carbocycles. The topological polar surface area (TPSA) is 96.8 Å². The van der Waals surface area contributed by atoms with E-state index in [4.69, 9.17) is 33.8 Å². The summed E-state index contributed by atoms with van der Waals surface area (Å²) >= 11 is 11.5. The van der Waals surface area contributed by atoms with Crippen LogP contribution in [0.15, 0.2) is 22.8 Å². The number of benzene rings is 1. The van der Waals surface area contributed by atoms with Crippen molar-refractivity contribution in [3.8, 4) is 5.75 Å². The largest absolute Gasteiger partial charge is 0.478 e. The zero-order valence-corrected chi connectivity index (χ0v) is 11.7. The van der Waals surface area contributed by atoms with Crippen molar-refractivity contribution >= 4 is 35.2 Å². The number of nitrogens with one attached hydrogen (secondary N) is 1.